The number of nitrogens with one attached hydrogen (secondary N) is 2. The Balaban J connectivity index is 0.00000242. The maximum Gasteiger partial charge on any atom is 0.333 e. The first kappa shape index (κ1) is 18.4. The van der Waals surface area contributed by atoms with E-state index >= 15 is 0 Å². The molecule has 0 spiro atoms. The van der Waals surface area contributed by atoms with Gasteiger partial charge >= 0.3 is 5.97 Å². The summed E-state index contributed by atoms with van der Waals surface area (Å²) in [5.74, 6) is -0.722. The molecule has 122 valence electrons. The summed E-state index contributed by atoms with van der Waals surface area (Å²) in [4.78, 5) is 23.9. The average Bonchev–Trinajstić information content (AvgIpc) is 2.53. The van der Waals surface area contributed by atoms with Gasteiger partial charge < -0.3 is 20.1 Å². The third kappa shape index (κ3) is 5.29. The lowest BCUT2D eigenvalue weighted by Crippen LogP contribution is -2.43. The van der Waals surface area contributed by atoms with Crippen LogP contribution >= 0.6 is 12.4 Å². The third-order valence-electron chi connectivity index (χ3n) is 3.29. The number of halogens is 1. The molecule has 2 unspecified atom stereocenters. The maximum atomic E-state index is 12.1. The standard InChI is InChI=1S/C15H20N2O4.ClH/c1-20-15(19)14(11-5-3-2-4-6-11)17-13(18)9-12-10-16-7-8-21-12;/h2-6,12,14,16H,7-10H2,1H3,(H,17,18);1H. The molecule has 1 saturated heterocycles. The fourth-order valence-electron chi connectivity index (χ4n) is 2.22. The van der Waals surface area contributed by atoms with E-state index in [4.69, 9.17) is 9.47 Å². The van der Waals surface area contributed by atoms with Crippen LogP contribution in [0.4, 0.5) is 0 Å². The molecule has 1 aliphatic rings. The van der Waals surface area contributed by atoms with E-state index < -0.39 is 12.0 Å². The van der Waals surface area contributed by atoms with Crippen LogP contribution in [0, 0.1) is 0 Å². The highest BCUT2D eigenvalue weighted by atomic mass is 35.5. The Hall–Kier alpha value is -1.63. The normalized spacial score (nSPS) is 18.7. The summed E-state index contributed by atoms with van der Waals surface area (Å²) in [5.41, 5.74) is 0.695. The summed E-state index contributed by atoms with van der Waals surface area (Å²) in [7, 11) is 1.30. The van der Waals surface area contributed by atoms with Crippen LogP contribution in [-0.2, 0) is 19.1 Å². The molecule has 0 saturated carbocycles. The Bertz CT molecular complexity index is 478. The van der Waals surface area contributed by atoms with Crippen LogP contribution in [0.3, 0.4) is 0 Å². The van der Waals surface area contributed by atoms with Crippen molar-refractivity contribution >= 4 is 24.3 Å². The van der Waals surface area contributed by atoms with Crippen LogP contribution in [0.2, 0.25) is 0 Å². The summed E-state index contributed by atoms with van der Waals surface area (Å²) in [6, 6.07) is 8.24. The maximum absolute atomic E-state index is 12.1. The molecule has 22 heavy (non-hydrogen) atoms. The minimum atomic E-state index is -0.791. The second-order valence-electron chi connectivity index (χ2n) is 4.84. The lowest BCUT2D eigenvalue weighted by molar-refractivity contribution is -0.145. The molecule has 1 aromatic rings. The van der Waals surface area contributed by atoms with Crippen molar-refractivity contribution in [3.05, 3.63) is 35.9 Å². The third-order valence-corrected chi connectivity index (χ3v) is 3.29. The van der Waals surface area contributed by atoms with E-state index in [2.05, 4.69) is 10.6 Å². The molecule has 1 fully saturated rings. The number of rotatable bonds is 5. The Labute approximate surface area is 136 Å². The molecular formula is C15H21ClN2O4. The average molecular weight is 329 g/mol. The van der Waals surface area contributed by atoms with Crippen LogP contribution in [0.5, 0.6) is 0 Å². The first-order valence-corrected chi connectivity index (χ1v) is 6.95. The quantitative estimate of drug-likeness (QED) is 0.783. The molecule has 2 N–H and O–H groups in total. The number of hydrogen-bond acceptors (Lipinski definition) is 5. The minimum Gasteiger partial charge on any atom is -0.467 e. The second kappa shape index (κ2) is 9.40. The SMILES string of the molecule is COC(=O)C(NC(=O)CC1CNCCO1)c1ccccc1.Cl. The van der Waals surface area contributed by atoms with Crippen molar-refractivity contribution < 1.29 is 19.1 Å². The Morgan fingerprint density at radius 1 is 1.41 bits per heavy atom. The zero-order valence-corrected chi connectivity index (χ0v) is 13.2. The lowest BCUT2D eigenvalue weighted by atomic mass is 10.1. The van der Waals surface area contributed by atoms with Crippen LogP contribution in [0.1, 0.15) is 18.0 Å². The van der Waals surface area contributed by atoms with Gasteiger partial charge in [0.25, 0.3) is 0 Å². The summed E-state index contributed by atoms with van der Waals surface area (Å²) in [5, 5.41) is 5.87. The molecule has 0 aromatic heterocycles. The van der Waals surface area contributed by atoms with Gasteiger partial charge in [0.1, 0.15) is 0 Å². The largest absolute Gasteiger partial charge is 0.467 e. The smallest absolute Gasteiger partial charge is 0.333 e. The summed E-state index contributed by atoms with van der Waals surface area (Å²) < 4.78 is 10.2. The van der Waals surface area contributed by atoms with E-state index in [1.807, 2.05) is 18.2 Å². The van der Waals surface area contributed by atoms with Crippen molar-refractivity contribution in [2.75, 3.05) is 26.8 Å². The van der Waals surface area contributed by atoms with Crippen molar-refractivity contribution in [2.45, 2.75) is 18.6 Å². The number of carbonyl (C=O) groups is 2. The summed E-state index contributed by atoms with van der Waals surface area (Å²) >= 11 is 0. The molecule has 2 atom stereocenters. The molecule has 0 aliphatic carbocycles. The number of carbonyl (C=O) groups excluding carboxylic acids is 2. The van der Waals surface area contributed by atoms with Crippen LogP contribution in [0.15, 0.2) is 30.3 Å². The van der Waals surface area contributed by atoms with Gasteiger partial charge in [-0.2, -0.15) is 0 Å². The van der Waals surface area contributed by atoms with Crippen molar-refractivity contribution in [2.24, 2.45) is 0 Å². The molecular weight excluding hydrogens is 308 g/mol. The lowest BCUT2D eigenvalue weighted by Gasteiger charge is -2.24. The van der Waals surface area contributed by atoms with Gasteiger partial charge in [-0.1, -0.05) is 30.3 Å². The van der Waals surface area contributed by atoms with Crippen molar-refractivity contribution in [1.29, 1.82) is 0 Å². The van der Waals surface area contributed by atoms with Gasteiger partial charge in [0.2, 0.25) is 5.91 Å². The van der Waals surface area contributed by atoms with Gasteiger partial charge in [0.15, 0.2) is 6.04 Å². The van der Waals surface area contributed by atoms with Crippen LogP contribution in [-0.4, -0.2) is 44.8 Å². The first-order chi connectivity index (χ1) is 10.2. The van der Waals surface area contributed by atoms with Gasteiger partial charge in [0, 0.05) is 13.1 Å². The van der Waals surface area contributed by atoms with Gasteiger partial charge in [0.05, 0.1) is 26.2 Å². The second-order valence-corrected chi connectivity index (χ2v) is 4.84. The van der Waals surface area contributed by atoms with E-state index in [0.29, 0.717) is 18.7 Å². The van der Waals surface area contributed by atoms with E-state index in [0.717, 1.165) is 6.54 Å². The topological polar surface area (TPSA) is 76.7 Å². The van der Waals surface area contributed by atoms with E-state index in [9.17, 15) is 9.59 Å². The highest BCUT2D eigenvalue weighted by Crippen LogP contribution is 2.15. The number of ether oxygens (including phenoxy) is 2. The molecule has 0 bridgehead atoms. The van der Waals surface area contributed by atoms with Crippen LogP contribution < -0.4 is 10.6 Å². The molecule has 1 aromatic carbocycles. The summed E-state index contributed by atoms with van der Waals surface area (Å²) in [6.45, 7) is 2.03. The zero-order valence-electron chi connectivity index (χ0n) is 12.4. The minimum absolute atomic E-state index is 0. The summed E-state index contributed by atoms with van der Waals surface area (Å²) in [6.07, 6.45) is 0.0562. The highest BCUT2D eigenvalue weighted by Gasteiger charge is 2.25. The number of benzene rings is 1. The predicted molar refractivity (Wildman–Crippen MR) is 83.8 cm³/mol. The number of amides is 1. The van der Waals surface area contributed by atoms with E-state index in [1.165, 1.54) is 7.11 Å². The van der Waals surface area contributed by atoms with Gasteiger partial charge in [-0.05, 0) is 5.56 Å². The molecule has 1 amide bonds. The molecule has 7 heteroatoms. The first-order valence-electron chi connectivity index (χ1n) is 6.95. The molecule has 2 rings (SSSR count). The van der Waals surface area contributed by atoms with Crippen LogP contribution in [0.25, 0.3) is 0 Å². The number of esters is 1. The molecule has 1 heterocycles. The number of hydrogen-bond donors (Lipinski definition) is 2. The van der Waals surface area contributed by atoms with Gasteiger partial charge in [-0.25, -0.2) is 4.79 Å². The van der Waals surface area contributed by atoms with Crippen molar-refractivity contribution in [3.8, 4) is 0 Å². The predicted octanol–water partition coefficient (Wildman–Crippen LogP) is 0.817. The van der Waals surface area contributed by atoms with E-state index in [-0.39, 0.29) is 30.8 Å². The Morgan fingerprint density at radius 2 is 2.14 bits per heavy atom. The number of morpholine rings is 1. The molecule has 1 aliphatic heterocycles. The highest BCUT2D eigenvalue weighted by molar-refractivity contribution is 5.86. The van der Waals surface area contributed by atoms with E-state index in [1.54, 1.807) is 12.1 Å². The van der Waals surface area contributed by atoms with Crippen molar-refractivity contribution in [3.63, 3.8) is 0 Å². The Kier molecular flexibility index (Phi) is 7.87. The Morgan fingerprint density at radius 3 is 2.73 bits per heavy atom. The zero-order chi connectivity index (χ0) is 15.1. The van der Waals surface area contributed by atoms with Crippen molar-refractivity contribution in [1.82, 2.24) is 10.6 Å². The monoisotopic (exact) mass is 328 g/mol. The molecule has 0 radical (unpaired) electrons. The van der Waals surface area contributed by atoms with Gasteiger partial charge in [-0.15, -0.1) is 12.4 Å². The fourth-order valence-corrected chi connectivity index (χ4v) is 2.22. The fraction of sp³-hybridized carbons (Fsp3) is 0.467. The number of methoxy groups -OCH3 is 1. The van der Waals surface area contributed by atoms with Gasteiger partial charge in [-0.3, -0.25) is 4.79 Å². The molecule has 6 nitrogen and oxygen atoms in total.